The van der Waals surface area contributed by atoms with Gasteiger partial charge >= 0.3 is 12.4 Å². The number of hydrogen-bond donors (Lipinski definition) is 3. The maximum atomic E-state index is 13.3. The number of pyridine rings is 2. The number of benzene rings is 1. The number of aliphatic hydroxyl groups is 2. The zero-order valence-corrected chi connectivity index (χ0v) is 19.4. The van der Waals surface area contributed by atoms with Crippen molar-refractivity contribution in [2.45, 2.75) is 40.8 Å². The van der Waals surface area contributed by atoms with Crippen LogP contribution in [0.2, 0.25) is 0 Å². The quantitative estimate of drug-likeness (QED) is 0.338. The van der Waals surface area contributed by atoms with Crippen molar-refractivity contribution in [3.8, 4) is 23.1 Å². The Kier molecular flexibility index (Phi) is 7.28. The molecule has 0 spiro atoms. The van der Waals surface area contributed by atoms with Crippen molar-refractivity contribution in [1.82, 2.24) is 9.97 Å². The van der Waals surface area contributed by atoms with Gasteiger partial charge in [0.1, 0.15) is 11.9 Å². The van der Waals surface area contributed by atoms with Crippen molar-refractivity contribution in [2.24, 2.45) is 0 Å². The molecular formula is C23H17F6N3O4S. The number of hydrogen-bond acceptors (Lipinski definition) is 7. The van der Waals surface area contributed by atoms with E-state index in [9.17, 15) is 45.0 Å². The molecule has 0 aliphatic heterocycles. The Hall–Kier alpha value is -3.67. The third-order valence-corrected chi connectivity index (χ3v) is 6.80. The number of nitrogens with two attached hydrogens (primary N) is 1. The molecule has 0 saturated carbocycles. The number of rotatable bonds is 4. The molecule has 3 aromatic rings. The Labute approximate surface area is 206 Å². The minimum Gasteiger partial charge on any atom is -0.384 e. The van der Waals surface area contributed by atoms with Crippen LogP contribution in [-0.4, -0.2) is 47.1 Å². The number of aliphatic hydroxyl groups excluding tert-OH is 1. The number of nitrogens with zero attached hydrogens (tertiary/aromatic N) is 2. The summed E-state index contributed by atoms with van der Waals surface area (Å²) in [6.07, 6.45) is -12.3. The fourth-order valence-electron chi connectivity index (χ4n) is 3.14. The minimum atomic E-state index is -6.14. The lowest BCUT2D eigenvalue weighted by Gasteiger charge is -2.32. The number of aromatic nitrogens is 2. The lowest BCUT2D eigenvalue weighted by molar-refractivity contribution is -0.376. The zero-order chi connectivity index (χ0) is 27.8. The van der Waals surface area contributed by atoms with E-state index >= 15 is 0 Å². The van der Waals surface area contributed by atoms with Gasteiger partial charge in [0.2, 0.25) is 9.84 Å². The number of halogens is 6. The van der Waals surface area contributed by atoms with Gasteiger partial charge in [-0.15, -0.1) is 0 Å². The Bertz CT molecular complexity index is 1440. The average molecular weight is 545 g/mol. The fraction of sp³-hybridized carbons (Fsp3) is 0.217. The van der Waals surface area contributed by atoms with Gasteiger partial charge in [-0.2, -0.15) is 26.3 Å². The molecule has 0 fully saturated rings. The maximum absolute atomic E-state index is 13.3. The molecule has 0 radical (unpaired) electrons. The van der Waals surface area contributed by atoms with Crippen LogP contribution in [0, 0.1) is 11.8 Å². The van der Waals surface area contributed by atoms with Crippen molar-refractivity contribution in [3.05, 3.63) is 66.0 Å². The Balaban J connectivity index is 2.14. The van der Waals surface area contributed by atoms with Gasteiger partial charge < -0.3 is 15.9 Å². The first-order chi connectivity index (χ1) is 17.0. The Morgan fingerprint density at radius 1 is 0.919 bits per heavy atom. The maximum Gasteiger partial charge on any atom is 0.430 e. The van der Waals surface area contributed by atoms with E-state index in [0.29, 0.717) is 6.07 Å². The van der Waals surface area contributed by atoms with Crippen LogP contribution in [0.25, 0.3) is 11.3 Å². The second kappa shape index (κ2) is 9.66. The number of nitrogen functional groups attached to an aromatic ring is 1. The molecule has 1 aromatic carbocycles. The number of anilines is 1. The predicted octanol–water partition coefficient (Wildman–Crippen LogP) is 3.60. The molecule has 196 valence electrons. The highest BCUT2D eigenvalue weighted by Crippen LogP contribution is 2.50. The highest BCUT2D eigenvalue weighted by molar-refractivity contribution is 7.91. The summed E-state index contributed by atoms with van der Waals surface area (Å²) in [6.45, 7) is 1.21. The highest BCUT2D eigenvalue weighted by atomic mass is 32.2. The normalized spacial score (nSPS) is 13.5. The highest BCUT2D eigenvalue weighted by Gasteiger charge is 2.71. The van der Waals surface area contributed by atoms with Crippen molar-refractivity contribution < 1.29 is 45.0 Å². The van der Waals surface area contributed by atoms with Crippen molar-refractivity contribution in [3.63, 3.8) is 0 Å². The molecule has 0 unspecified atom stereocenters. The van der Waals surface area contributed by atoms with Crippen LogP contribution in [0.5, 0.6) is 0 Å². The van der Waals surface area contributed by atoms with E-state index < -0.39 is 45.0 Å². The number of alkyl halides is 6. The largest absolute Gasteiger partial charge is 0.430 e. The van der Waals surface area contributed by atoms with Crippen molar-refractivity contribution in [2.75, 3.05) is 5.73 Å². The molecule has 4 N–H and O–H groups in total. The first-order valence-electron chi connectivity index (χ1n) is 10.1. The SMILES string of the molecule is C[C@@H](O)C#Cc1cc(C(O)(C(F)(F)F)C(F)(F)F)cnc1-c1ccc(S(=O)(=O)c2ccc(N)nc2)cc1. The van der Waals surface area contributed by atoms with Gasteiger partial charge in [0, 0.05) is 23.5 Å². The standard InChI is InChI=1S/C23H17F6N3O4S/c1-13(33)2-3-15-10-16(21(34,22(24,25)26)23(27,28)29)11-32-20(15)14-4-6-17(7-5-14)37(35,36)18-8-9-19(30)31-12-18/h4-13,33-34H,1H3,(H2,30,31)/t13-/m1/s1. The molecule has 7 nitrogen and oxygen atoms in total. The van der Waals surface area contributed by atoms with E-state index in [1.807, 2.05) is 0 Å². The van der Waals surface area contributed by atoms with Crippen LogP contribution in [-0.2, 0) is 15.4 Å². The van der Waals surface area contributed by atoms with Crippen LogP contribution >= 0.6 is 0 Å². The Morgan fingerprint density at radius 3 is 1.97 bits per heavy atom. The topological polar surface area (TPSA) is 126 Å². The minimum absolute atomic E-state index is 0.0818. The molecule has 1 atom stereocenters. The summed E-state index contributed by atoms with van der Waals surface area (Å²) in [5, 5.41) is 19.1. The molecule has 2 aromatic heterocycles. The van der Waals surface area contributed by atoms with E-state index in [1.54, 1.807) is 0 Å². The van der Waals surface area contributed by atoms with Crippen LogP contribution in [0.3, 0.4) is 0 Å². The van der Waals surface area contributed by atoms with Crippen molar-refractivity contribution >= 4 is 15.7 Å². The van der Waals surface area contributed by atoms with E-state index in [4.69, 9.17) is 5.73 Å². The van der Waals surface area contributed by atoms with Crippen LogP contribution < -0.4 is 5.73 Å². The van der Waals surface area contributed by atoms with Gasteiger partial charge in [-0.05, 0) is 37.3 Å². The summed E-state index contributed by atoms with van der Waals surface area (Å²) in [5.74, 6) is 4.55. The van der Waals surface area contributed by atoms with E-state index in [0.717, 1.165) is 18.3 Å². The van der Waals surface area contributed by atoms with Gasteiger partial charge in [0.25, 0.3) is 5.60 Å². The molecule has 2 heterocycles. The molecule has 0 aliphatic carbocycles. The Morgan fingerprint density at radius 2 is 1.49 bits per heavy atom. The first-order valence-corrected chi connectivity index (χ1v) is 11.6. The van der Waals surface area contributed by atoms with E-state index in [1.165, 1.54) is 31.2 Å². The lowest BCUT2D eigenvalue weighted by atomic mass is 9.91. The van der Waals surface area contributed by atoms with Gasteiger partial charge in [0.05, 0.1) is 21.0 Å². The van der Waals surface area contributed by atoms with Crippen molar-refractivity contribution in [1.29, 1.82) is 0 Å². The summed E-state index contributed by atoms with van der Waals surface area (Å²) in [6, 6.07) is 7.60. The lowest BCUT2D eigenvalue weighted by Crippen LogP contribution is -2.54. The van der Waals surface area contributed by atoms with Crippen LogP contribution in [0.1, 0.15) is 18.1 Å². The van der Waals surface area contributed by atoms with E-state index in [-0.39, 0.29) is 33.1 Å². The summed E-state index contributed by atoms with van der Waals surface area (Å²) < 4.78 is 106. The second-order valence-electron chi connectivity index (χ2n) is 7.72. The molecule has 37 heavy (non-hydrogen) atoms. The number of sulfone groups is 1. The van der Waals surface area contributed by atoms with Gasteiger partial charge in [-0.1, -0.05) is 24.0 Å². The first kappa shape index (κ1) is 27.9. The summed E-state index contributed by atoms with van der Waals surface area (Å²) in [5.41, 5.74) is -2.04. The molecule has 14 heteroatoms. The van der Waals surface area contributed by atoms with E-state index in [2.05, 4.69) is 21.8 Å². The third kappa shape index (κ3) is 5.38. The summed E-state index contributed by atoms with van der Waals surface area (Å²) in [4.78, 5) is 7.02. The fourth-order valence-corrected chi connectivity index (χ4v) is 4.34. The zero-order valence-electron chi connectivity index (χ0n) is 18.6. The third-order valence-electron chi connectivity index (χ3n) is 5.05. The molecule has 0 amide bonds. The molecule has 0 aliphatic rings. The molecular weight excluding hydrogens is 528 g/mol. The monoisotopic (exact) mass is 545 g/mol. The van der Waals surface area contributed by atoms with Gasteiger partial charge in [-0.25, -0.2) is 13.4 Å². The predicted molar refractivity (Wildman–Crippen MR) is 118 cm³/mol. The van der Waals surface area contributed by atoms with Gasteiger partial charge in [0.15, 0.2) is 0 Å². The molecule has 3 rings (SSSR count). The van der Waals surface area contributed by atoms with Crippen LogP contribution in [0.15, 0.2) is 64.6 Å². The summed E-state index contributed by atoms with van der Waals surface area (Å²) in [7, 11) is -4.03. The average Bonchev–Trinajstić information content (AvgIpc) is 2.81. The smallest absolute Gasteiger partial charge is 0.384 e. The second-order valence-corrected chi connectivity index (χ2v) is 9.67. The molecule has 0 bridgehead atoms. The summed E-state index contributed by atoms with van der Waals surface area (Å²) >= 11 is 0. The molecule has 0 saturated heterocycles. The van der Waals surface area contributed by atoms with Crippen LogP contribution in [0.4, 0.5) is 32.2 Å². The van der Waals surface area contributed by atoms with Gasteiger partial charge in [-0.3, -0.25) is 4.98 Å².